The number of halogens is 1. The minimum Gasteiger partial charge on any atom is -0.381 e. The van der Waals surface area contributed by atoms with Gasteiger partial charge in [0.25, 0.3) is 5.91 Å². The fourth-order valence-electron chi connectivity index (χ4n) is 2.67. The van der Waals surface area contributed by atoms with Crippen LogP contribution < -0.4 is 5.32 Å². The standard InChI is InChI=1S/C18H20ClN3O2/c1-12-2-3-14(8-15(12)19)16-9-17(22-11-21-16)18(23)20-10-13-4-6-24-7-5-13/h2-3,8-9,11,13H,4-7,10H2,1H3,(H,20,23). The van der Waals surface area contributed by atoms with E-state index in [1.807, 2.05) is 25.1 Å². The Morgan fingerprint density at radius 3 is 2.83 bits per heavy atom. The van der Waals surface area contributed by atoms with Gasteiger partial charge in [0.1, 0.15) is 12.0 Å². The third kappa shape index (κ3) is 4.10. The Hall–Kier alpha value is -1.98. The number of carbonyl (C=O) groups is 1. The predicted octanol–water partition coefficient (Wildman–Crippen LogP) is 3.26. The molecule has 126 valence electrons. The van der Waals surface area contributed by atoms with Crippen molar-refractivity contribution in [3.8, 4) is 11.3 Å². The number of aromatic nitrogens is 2. The number of nitrogens with one attached hydrogen (secondary N) is 1. The third-order valence-electron chi connectivity index (χ3n) is 4.26. The van der Waals surface area contributed by atoms with E-state index in [9.17, 15) is 4.79 Å². The van der Waals surface area contributed by atoms with E-state index < -0.39 is 0 Å². The first-order valence-electron chi connectivity index (χ1n) is 8.08. The van der Waals surface area contributed by atoms with Gasteiger partial charge >= 0.3 is 0 Å². The molecule has 2 aromatic rings. The molecular formula is C18H20ClN3O2. The molecule has 1 aromatic carbocycles. The Morgan fingerprint density at radius 2 is 2.08 bits per heavy atom. The zero-order valence-electron chi connectivity index (χ0n) is 13.6. The van der Waals surface area contributed by atoms with Crippen molar-refractivity contribution in [3.63, 3.8) is 0 Å². The Balaban J connectivity index is 1.69. The molecule has 0 spiro atoms. The smallest absolute Gasteiger partial charge is 0.270 e. The van der Waals surface area contributed by atoms with Crippen molar-refractivity contribution in [2.75, 3.05) is 19.8 Å². The van der Waals surface area contributed by atoms with Crippen LogP contribution in [0.2, 0.25) is 5.02 Å². The van der Waals surface area contributed by atoms with Crippen LogP contribution in [0.25, 0.3) is 11.3 Å². The molecule has 1 aliphatic rings. The van der Waals surface area contributed by atoms with Gasteiger partial charge in [-0.3, -0.25) is 4.79 Å². The lowest BCUT2D eigenvalue weighted by Crippen LogP contribution is -2.32. The van der Waals surface area contributed by atoms with Gasteiger partial charge in [0.15, 0.2) is 0 Å². The molecule has 0 saturated carbocycles. The molecule has 0 aliphatic carbocycles. The minimum absolute atomic E-state index is 0.177. The Kier molecular flexibility index (Phi) is 5.43. The minimum atomic E-state index is -0.177. The number of nitrogens with zero attached hydrogens (tertiary/aromatic N) is 2. The van der Waals surface area contributed by atoms with Crippen LogP contribution in [-0.2, 0) is 4.74 Å². The molecule has 0 unspecified atom stereocenters. The zero-order chi connectivity index (χ0) is 16.9. The van der Waals surface area contributed by atoms with Gasteiger partial charge in [-0.15, -0.1) is 0 Å². The summed E-state index contributed by atoms with van der Waals surface area (Å²) >= 11 is 6.17. The maximum atomic E-state index is 12.3. The van der Waals surface area contributed by atoms with E-state index in [0.717, 1.165) is 37.2 Å². The highest BCUT2D eigenvalue weighted by atomic mass is 35.5. The molecule has 6 heteroatoms. The van der Waals surface area contributed by atoms with Crippen molar-refractivity contribution in [3.05, 3.63) is 46.9 Å². The molecule has 24 heavy (non-hydrogen) atoms. The predicted molar refractivity (Wildman–Crippen MR) is 93.1 cm³/mol. The fourth-order valence-corrected chi connectivity index (χ4v) is 2.85. The first-order valence-corrected chi connectivity index (χ1v) is 8.46. The van der Waals surface area contributed by atoms with Crippen LogP contribution >= 0.6 is 11.6 Å². The Labute approximate surface area is 146 Å². The van der Waals surface area contributed by atoms with Gasteiger partial charge in [0.05, 0.1) is 5.69 Å². The number of hydrogen-bond acceptors (Lipinski definition) is 4. The largest absolute Gasteiger partial charge is 0.381 e. The number of ether oxygens (including phenoxy) is 1. The van der Waals surface area contributed by atoms with E-state index in [-0.39, 0.29) is 5.91 Å². The molecule has 1 N–H and O–H groups in total. The topological polar surface area (TPSA) is 64.1 Å². The van der Waals surface area contributed by atoms with Crippen LogP contribution in [0.15, 0.2) is 30.6 Å². The van der Waals surface area contributed by atoms with Crippen LogP contribution in [0, 0.1) is 12.8 Å². The summed E-state index contributed by atoms with van der Waals surface area (Å²) in [5.74, 6) is 0.295. The number of amides is 1. The highest BCUT2D eigenvalue weighted by molar-refractivity contribution is 6.31. The maximum absolute atomic E-state index is 12.3. The van der Waals surface area contributed by atoms with Crippen LogP contribution in [0.1, 0.15) is 28.9 Å². The molecule has 5 nitrogen and oxygen atoms in total. The van der Waals surface area contributed by atoms with Crippen molar-refractivity contribution in [1.82, 2.24) is 15.3 Å². The van der Waals surface area contributed by atoms with Gasteiger partial charge in [0, 0.05) is 30.3 Å². The van der Waals surface area contributed by atoms with E-state index in [1.54, 1.807) is 6.07 Å². The van der Waals surface area contributed by atoms with Crippen molar-refractivity contribution in [2.24, 2.45) is 5.92 Å². The summed E-state index contributed by atoms with van der Waals surface area (Å²) in [6.07, 6.45) is 3.38. The monoisotopic (exact) mass is 345 g/mol. The van der Waals surface area contributed by atoms with Gasteiger partial charge in [-0.1, -0.05) is 23.7 Å². The quantitative estimate of drug-likeness (QED) is 0.923. The molecule has 0 atom stereocenters. The molecule has 1 fully saturated rings. The molecular weight excluding hydrogens is 326 g/mol. The number of carbonyl (C=O) groups excluding carboxylic acids is 1. The first-order chi connectivity index (χ1) is 11.6. The Bertz CT molecular complexity index is 730. The molecule has 1 amide bonds. The second kappa shape index (κ2) is 7.73. The molecule has 0 radical (unpaired) electrons. The number of benzene rings is 1. The van der Waals surface area contributed by atoms with Gasteiger partial charge < -0.3 is 10.1 Å². The second-order valence-electron chi connectivity index (χ2n) is 6.02. The summed E-state index contributed by atoms with van der Waals surface area (Å²) in [5, 5.41) is 3.63. The summed E-state index contributed by atoms with van der Waals surface area (Å²) < 4.78 is 5.33. The van der Waals surface area contributed by atoms with Crippen LogP contribution in [-0.4, -0.2) is 35.6 Å². The SMILES string of the molecule is Cc1ccc(-c2cc(C(=O)NCC3CCOCC3)ncn2)cc1Cl. The van der Waals surface area contributed by atoms with Crippen molar-refractivity contribution < 1.29 is 9.53 Å². The highest BCUT2D eigenvalue weighted by Crippen LogP contribution is 2.24. The number of aryl methyl sites for hydroxylation is 1. The molecule has 1 aliphatic heterocycles. The van der Waals surface area contributed by atoms with Crippen LogP contribution in [0.4, 0.5) is 0 Å². The van der Waals surface area contributed by atoms with Crippen molar-refractivity contribution in [1.29, 1.82) is 0 Å². The summed E-state index contributed by atoms with van der Waals surface area (Å²) in [6, 6.07) is 7.42. The van der Waals surface area contributed by atoms with Gasteiger partial charge in [-0.25, -0.2) is 9.97 Å². The first kappa shape index (κ1) is 16.9. The number of hydrogen-bond donors (Lipinski definition) is 1. The molecule has 3 rings (SSSR count). The highest BCUT2D eigenvalue weighted by Gasteiger charge is 2.16. The summed E-state index contributed by atoms with van der Waals surface area (Å²) in [7, 11) is 0. The second-order valence-corrected chi connectivity index (χ2v) is 6.43. The molecule has 1 saturated heterocycles. The van der Waals surface area contributed by atoms with Crippen molar-refractivity contribution >= 4 is 17.5 Å². The average molecular weight is 346 g/mol. The van der Waals surface area contributed by atoms with Gasteiger partial charge in [-0.05, 0) is 43.4 Å². The lowest BCUT2D eigenvalue weighted by atomic mass is 10.0. The third-order valence-corrected chi connectivity index (χ3v) is 4.67. The fraction of sp³-hybridized carbons (Fsp3) is 0.389. The molecule has 0 bridgehead atoms. The van der Waals surface area contributed by atoms with Crippen LogP contribution in [0.3, 0.4) is 0 Å². The van der Waals surface area contributed by atoms with Gasteiger partial charge in [0.2, 0.25) is 0 Å². The Morgan fingerprint density at radius 1 is 1.29 bits per heavy atom. The number of rotatable bonds is 4. The van der Waals surface area contributed by atoms with E-state index in [4.69, 9.17) is 16.3 Å². The molecule has 2 heterocycles. The van der Waals surface area contributed by atoms with Crippen LogP contribution in [0.5, 0.6) is 0 Å². The van der Waals surface area contributed by atoms with E-state index in [2.05, 4.69) is 15.3 Å². The summed E-state index contributed by atoms with van der Waals surface area (Å²) in [6.45, 7) is 4.14. The lowest BCUT2D eigenvalue weighted by molar-refractivity contribution is 0.0642. The lowest BCUT2D eigenvalue weighted by Gasteiger charge is -2.22. The molecule has 1 aromatic heterocycles. The van der Waals surface area contributed by atoms with Gasteiger partial charge in [-0.2, -0.15) is 0 Å². The zero-order valence-corrected chi connectivity index (χ0v) is 14.3. The van der Waals surface area contributed by atoms with E-state index in [0.29, 0.717) is 28.9 Å². The summed E-state index contributed by atoms with van der Waals surface area (Å²) in [5.41, 5.74) is 2.92. The van der Waals surface area contributed by atoms with E-state index >= 15 is 0 Å². The van der Waals surface area contributed by atoms with E-state index in [1.165, 1.54) is 6.33 Å². The maximum Gasteiger partial charge on any atom is 0.270 e. The van der Waals surface area contributed by atoms with Crippen molar-refractivity contribution in [2.45, 2.75) is 19.8 Å². The normalized spacial score (nSPS) is 15.2. The summed E-state index contributed by atoms with van der Waals surface area (Å²) in [4.78, 5) is 20.7. The average Bonchev–Trinajstić information content (AvgIpc) is 2.63.